The zero-order chi connectivity index (χ0) is 35.5. The number of amides is 2. The molecule has 258 valence electrons. The summed E-state index contributed by atoms with van der Waals surface area (Å²) >= 11 is 0. The molecule has 0 aliphatic carbocycles. The molecule has 1 fully saturated rings. The molecule has 6 rings (SSSR count). The number of hydrazone groups is 1. The fraction of sp³-hybridized carbons (Fsp3) is 0.385. The van der Waals surface area contributed by atoms with Crippen LogP contribution in [-0.4, -0.2) is 54.3 Å². The van der Waals surface area contributed by atoms with Crippen LogP contribution in [0.25, 0.3) is 16.7 Å². The number of benzene rings is 2. The van der Waals surface area contributed by atoms with Gasteiger partial charge in [-0.1, -0.05) is 58.9 Å². The van der Waals surface area contributed by atoms with E-state index in [4.69, 9.17) is 4.74 Å². The number of fused-ring (bicyclic) bond motifs is 3. The third-order valence-corrected chi connectivity index (χ3v) is 9.48. The summed E-state index contributed by atoms with van der Waals surface area (Å²) in [6.45, 7) is 16.0. The number of carbonyl (C=O) groups is 2. The van der Waals surface area contributed by atoms with Crippen LogP contribution in [0.2, 0.25) is 0 Å². The van der Waals surface area contributed by atoms with Crippen molar-refractivity contribution >= 4 is 29.9 Å². The summed E-state index contributed by atoms with van der Waals surface area (Å²) < 4.78 is 22.7. The lowest BCUT2D eigenvalue weighted by atomic mass is 9.82. The minimum absolute atomic E-state index is 0.114. The van der Waals surface area contributed by atoms with Gasteiger partial charge < -0.3 is 20.3 Å². The number of carbonyl (C=O) groups excluding carboxylic acids is 2. The maximum Gasteiger partial charge on any atom is 0.270 e. The third kappa shape index (κ3) is 7.35. The number of pyridine rings is 1. The summed E-state index contributed by atoms with van der Waals surface area (Å²) in [5.74, 6) is 0.269. The number of hydrogen-bond acceptors (Lipinski definition) is 7. The van der Waals surface area contributed by atoms with Gasteiger partial charge >= 0.3 is 0 Å². The Morgan fingerprint density at radius 3 is 2.57 bits per heavy atom. The number of aromatic nitrogens is 1. The van der Waals surface area contributed by atoms with Gasteiger partial charge in [-0.15, -0.1) is 0 Å². The van der Waals surface area contributed by atoms with Gasteiger partial charge in [0.25, 0.3) is 5.91 Å². The lowest BCUT2D eigenvalue weighted by molar-refractivity contribution is -0.126. The number of hydrogen-bond donors (Lipinski definition) is 3. The second-order valence-electron chi connectivity index (χ2n) is 13.7. The molecule has 49 heavy (non-hydrogen) atoms. The minimum atomic E-state index is -1.12. The second-order valence-corrected chi connectivity index (χ2v) is 13.7. The van der Waals surface area contributed by atoms with Gasteiger partial charge in [-0.05, 0) is 108 Å². The molecule has 2 aromatic carbocycles. The average molecular weight is 667 g/mol. The molecule has 9 nitrogen and oxygen atoms in total. The fourth-order valence-electron chi connectivity index (χ4n) is 6.57. The van der Waals surface area contributed by atoms with Gasteiger partial charge in [-0.2, -0.15) is 5.10 Å². The molecule has 2 bridgehead atoms. The molecular weight excluding hydrogens is 619 g/mol. The van der Waals surface area contributed by atoms with Crippen molar-refractivity contribution < 1.29 is 18.7 Å². The van der Waals surface area contributed by atoms with E-state index in [-0.39, 0.29) is 17.9 Å². The molecule has 3 aromatic rings. The Hall–Kier alpha value is -4.67. The van der Waals surface area contributed by atoms with Crippen LogP contribution in [0.15, 0.2) is 71.1 Å². The fourth-order valence-corrected chi connectivity index (χ4v) is 6.57. The Balaban J connectivity index is 0.00000230. The van der Waals surface area contributed by atoms with Crippen molar-refractivity contribution in [1.82, 2.24) is 20.6 Å². The predicted molar refractivity (Wildman–Crippen MR) is 193 cm³/mol. The van der Waals surface area contributed by atoms with Crippen molar-refractivity contribution in [1.29, 1.82) is 0 Å². The van der Waals surface area contributed by atoms with E-state index in [1.54, 1.807) is 6.07 Å². The highest BCUT2D eigenvalue weighted by Gasteiger charge is 2.39. The van der Waals surface area contributed by atoms with Gasteiger partial charge in [0.2, 0.25) is 6.41 Å². The van der Waals surface area contributed by atoms with Crippen LogP contribution < -0.4 is 16.1 Å². The van der Waals surface area contributed by atoms with Gasteiger partial charge in [0.15, 0.2) is 5.72 Å². The van der Waals surface area contributed by atoms with Crippen LogP contribution in [0.3, 0.4) is 0 Å². The summed E-state index contributed by atoms with van der Waals surface area (Å²) in [5.41, 5.74) is 7.82. The molecule has 3 aliphatic rings. The van der Waals surface area contributed by atoms with Crippen LogP contribution in [0.1, 0.15) is 88.6 Å². The first-order chi connectivity index (χ1) is 23.4. The van der Waals surface area contributed by atoms with Gasteiger partial charge in [0, 0.05) is 23.9 Å². The first-order valence-electron chi connectivity index (χ1n) is 16.9. The van der Waals surface area contributed by atoms with Crippen molar-refractivity contribution in [3.63, 3.8) is 0 Å². The van der Waals surface area contributed by atoms with E-state index in [2.05, 4.69) is 44.2 Å². The quantitative estimate of drug-likeness (QED) is 0.145. The number of likely N-dealkylation sites (tertiary alicyclic amines) is 1. The largest absolute Gasteiger partial charge is 0.347 e. The third-order valence-electron chi connectivity index (χ3n) is 9.48. The molecule has 2 atom stereocenters. The number of allylic oxidation sites excluding steroid dienone is 2. The average Bonchev–Trinajstić information content (AvgIpc) is 3.45. The monoisotopic (exact) mass is 666 g/mol. The molecule has 10 heteroatoms. The topological polar surface area (TPSA) is 108 Å². The smallest absolute Gasteiger partial charge is 0.270 e. The van der Waals surface area contributed by atoms with Crippen LogP contribution in [0.4, 0.5) is 10.2 Å². The molecule has 1 aromatic heterocycles. The molecule has 0 radical (unpaired) electrons. The zero-order valence-corrected chi connectivity index (χ0v) is 29.7. The Kier molecular flexibility index (Phi) is 10.5. The van der Waals surface area contributed by atoms with E-state index >= 15 is 4.39 Å². The number of nitrogens with one attached hydrogen (secondary N) is 3. The van der Waals surface area contributed by atoms with Crippen molar-refractivity contribution in [2.24, 2.45) is 5.10 Å². The van der Waals surface area contributed by atoms with Crippen LogP contribution in [0.5, 0.6) is 0 Å². The summed E-state index contributed by atoms with van der Waals surface area (Å²) in [5, 5.41) is 10.3. The Labute approximate surface area is 288 Å². The SMILES string of the molecule is CC.CC1=C2C=C(Nc3ccc(C4CCN(C)C4)cn3)C(=O)NC1(C)OCc1c2cccc1-c1c(F)cc(C(C)(C)C)cc1/C=N\NC=O. The van der Waals surface area contributed by atoms with E-state index in [0.717, 1.165) is 47.3 Å². The molecule has 2 unspecified atom stereocenters. The van der Waals surface area contributed by atoms with Crippen LogP contribution in [-0.2, 0) is 26.3 Å². The van der Waals surface area contributed by atoms with Gasteiger partial charge in [0.05, 0.1) is 12.8 Å². The summed E-state index contributed by atoms with van der Waals surface area (Å²) in [6.07, 6.45) is 6.72. The van der Waals surface area contributed by atoms with Gasteiger partial charge in [0.1, 0.15) is 17.3 Å². The number of anilines is 1. The molecule has 2 amide bonds. The van der Waals surface area contributed by atoms with Crippen LogP contribution in [0, 0.1) is 5.82 Å². The van der Waals surface area contributed by atoms with Gasteiger partial charge in [-0.25, -0.2) is 14.8 Å². The zero-order valence-electron chi connectivity index (χ0n) is 29.7. The van der Waals surface area contributed by atoms with E-state index in [1.807, 2.05) is 91.1 Å². The number of halogens is 1. The van der Waals surface area contributed by atoms with E-state index in [9.17, 15) is 9.59 Å². The summed E-state index contributed by atoms with van der Waals surface area (Å²) in [7, 11) is 2.13. The number of nitrogens with zero attached hydrogens (tertiary/aromatic N) is 3. The lowest BCUT2D eigenvalue weighted by Gasteiger charge is -2.31. The van der Waals surface area contributed by atoms with E-state index < -0.39 is 11.5 Å². The summed E-state index contributed by atoms with van der Waals surface area (Å²) in [4.78, 5) is 31.5. The maximum atomic E-state index is 16.2. The Bertz CT molecular complexity index is 1830. The van der Waals surface area contributed by atoms with Crippen LogP contribution >= 0.6 is 0 Å². The molecular formula is C39H47FN6O3. The van der Waals surface area contributed by atoms with Gasteiger partial charge in [-0.3, -0.25) is 9.59 Å². The van der Waals surface area contributed by atoms with Crippen molar-refractivity contribution in [2.75, 3.05) is 25.5 Å². The van der Waals surface area contributed by atoms with E-state index in [1.165, 1.54) is 11.8 Å². The molecule has 0 saturated carbocycles. The second kappa shape index (κ2) is 14.4. The standard InChI is InChI=1S/C37H41FN6O3.C2H6/c1-22-29-16-32(42-33-11-10-23(17-39-33)24-12-13-44(6)19-24)35(46)43-37(22,5)47-20-30-27(29)8-7-9-28(30)34-25(18-40-41-21-45)14-26(15-31(34)38)36(2,3)4;1-2/h7-11,14-18,21,24H,12-13,19-20H2,1-6H3,(H,39,42)(H,41,45)(H,43,46);1-2H3/b40-18-;. The number of likely N-dealkylation sites (N-methyl/N-ethyl adjacent to an activating group) is 1. The molecule has 3 aliphatic heterocycles. The Morgan fingerprint density at radius 1 is 1.16 bits per heavy atom. The maximum absolute atomic E-state index is 16.2. The number of ether oxygens (including phenoxy) is 1. The first kappa shape index (κ1) is 35.6. The summed E-state index contributed by atoms with van der Waals surface area (Å²) in [6, 6.07) is 13.1. The highest BCUT2D eigenvalue weighted by atomic mass is 19.1. The molecule has 0 spiro atoms. The Morgan fingerprint density at radius 2 is 1.92 bits per heavy atom. The number of rotatable bonds is 7. The normalized spacial score (nSPS) is 20.8. The minimum Gasteiger partial charge on any atom is -0.347 e. The predicted octanol–water partition coefficient (Wildman–Crippen LogP) is 6.86. The first-order valence-corrected chi connectivity index (χ1v) is 16.9. The van der Waals surface area contributed by atoms with Crippen molar-refractivity contribution in [3.05, 3.63) is 99.6 Å². The highest BCUT2D eigenvalue weighted by molar-refractivity contribution is 6.02. The highest BCUT2D eigenvalue weighted by Crippen LogP contribution is 2.42. The molecule has 3 N–H and O–H groups in total. The lowest BCUT2D eigenvalue weighted by Crippen LogP contribution is -2.49. The van der Waals surface area contributed by atoms with E-state index in [0.29, 0.717) is 40.5 Å². The van der Waals surface area contributed by atoms with Crippen molar-refractivity contribution in [3.8, 4) is 11.1 Å². The molecule has 1 saturated heterocycles. The molecule has 4 heterocycles. The van der Waals surface area contributed by atoms with Crippen molar-refractivity contribution in [2.45, 2.75) is 78.6 Å².